The van der Waals surface area contributed by atoms with Crippen molar-refractivity contribution >= 4 is 39.5 Å². The lowest BCUT2D eigenvalue weighted by atomic mass is 10.0. The molecule has 5 atom stereocenters. The molecule has 3 N–H and O–H groups in total. The number of carbonyl (C=O) groups excluding carboxylic acids is 4. The Balaban J connectivity index is 5.28. The summed E-state index contributed by atoms with van der Waals surface area (Å²) in [7, 11) is -9.94. The Labute approximate surface area is 637 Å². The lowest BCUT2D eigenvalue weighted by Crippen LogP contribution is -2.30. The predicted octanol–water partition coefficient (Wildman–Crippen LogP) is 25.7. The standard InChI is InChI=1S/C85H162O17P2/c1-5-9-13-17-21-25-29-33-36-38-40-42-45-48-52-56-60-64-68-72-85(90)102-81(76-96-83(88)70-66-62-58-54-50-46-44-41-39-37-34-30-26-22-18-14-10-6-2)78-100-104(93,94)98-74-79(86)73-97-103(91,92)99-77-80(75-95-82(87)69-65-61-57-53-49-32-28-24-20-16-12-8-4)101-84(89)71-67-63-59-55-51-47-43-35-31-27-23-19-15-11-7-3/h27,31,35,43,79-81,86H,5-26,28-30,32-34,36-42,44-78H2,1-4H3,(H,91,92)(H,93,94)/b31-27-,43-35-/t79-,80+,81+/m0/s1. The van der Waals surface area contributed by atoms with Gasteiger partial charge in [-0.2, -0.15) is 0 Å². The van der Waals surface area contributed by atoms with Crippen molar-refractivity contribution in [1.82, 2.24) is 0 Å². The molecule has 19 heteroatoms. The Morgan fingerprint density at radius 1 is 0.269 bits per heavy atom. The van der Waals surface area contributed by atoms with Gasteiger partial charge in [0.05, 0.1) is 26.4 Å². The van der Waals surface area contributed by atoms with Gasteiger partial charge in [-0.15, -0.1) is 0 Å². The molecule has 614 valence electrons. The highest BCUT2D eigenvalue weighted by Crippen LogP contribution is 2.45. The molecule has 0 aromatic heterocycles. The first-order valence-corrected chi connectivity index (χ1v) is 46.6. The maximum atomic E-state index is 13.1. The number of unbranched alkanes of at least 4 members (excludes halogenated alkanes) is 55. The first-order chi connectivity index (χ1) is 50.7. The lowest BCUT2D eigenvalue weighted by Gasteiger charge is -2.21. The van der Waals surface area contributed by atoms with Gasteiger partial charge in [0.2, 0.25) is 0 Å². The summed E-state index contributed by atoms with van der Waals surface area (Å²) in [4.78, 5) is 73.2. The summed E-state index contributed by atoms with van der Waals surface area (Å²) in [5, 5.41) is 10.7. The summed E-state index contributed by atoms with van der Waals surface area (Å²) < 4.78 is 68.8. The number of phosphoric ester groups is 2. The summed E-state index contributed by atoms with van der Waals surface area (Å²) >= 11 is 0. The second-order valence-corrected chi connectivity index (χ2v) is 32.8. The minimum atomic E-state index is -4.97. The molecule has 0 aromatic rings. The number of phosphoric acid groups is 2. The number of rotatable bonds is 84. The van der Waals surface area contributed by atoms with Crippen LogP contribution in [0.4, 0.5) is 0 Å². The quantitative estimate of drug-likeness (QED) is 0.0169. The molecule has 0 aromatic carbocycles. The smallest absolute Gasteiger partial charge is 0.462 e. The minimum absolute atomic E-state index is 0.0861. The fraction of sp³-hybridized carbons (Fsp3) is 0.906. The van der Waals surface area contributed by atoms with Crippen molar-refractivity contribution in [1.29, 1.82) is 0 Å². The molecule has 0 fully saturated rings. The normalized spacial score (nSPS) is 13.9. The number of aliphatic hydroxyl groups is 1. The molecule has 0 heterocycles. The second-order valence-electron chi connectivity index (χ2n) is 29.9. The molecule has 0 bridgehead atoms. The Bertz CT molecular complexity index is 2060. The van der Waals surface area contributed by atoms with E-state index in [2.05, 4.69) is 52.0 Å². The zero-order chi connectivity index (χ0) is 76.0. The highest BCUT2D eigenvalue weighted by Gasteiger charge is 2.30. The first-order valence-electron chi connectivity index (χ1n) is 43.6. The van der Waals surface area contributed by atoms with Crippen LogP contribution in [0.2, 0.25) is 0 Å². The van der Waals surface area contributed by atoms with Gasteiger partial charge in [-0.05, 0) is 51.4 Å². The Morgan fingerprint density at radius 3 is 0.702 bits per heavy atom. The lowest BCUT2D eigenvalue weighted by molar-refractivity contribution is -0.161. The molecule has 104 heavy (non-hydrogen) atoms. The van der Waals surface area contributed by atoms with Crippen LogP contribution in [0.3, 0.4) is 0 Å². The van der Waals surface area contributed by atoms with Gasteiger partial charge in [0, 0.05) is 25.7 Å². The zero-order valence-electron chi connectivity index (χ0n) is 67.5. The summed E-state index contributed by atoms with van der Waals surface area (Å²) in [6.07, 6.45) is 75.7. The number of hydrogen-bond acceptors (Lipinski definition) is 15. The van der Waals surface area contributed by atoms with E-state index in [1.54, 1.807) is 0 Å². The van der Waals surface area contributed by atoms with E-state index in [0.717, 1.165) is 103 Å². The van der Waals surface area contributed by atoms with Crippen LogP contribution in [0.25, 0.3) is 0 Å². The minimum Gasteiger partial charge on any atom is -0.462 e. The van der Waals surface area contributed by atoms with Gasteiger partial charge in [-0.1, -0.05) is 386 Å². The van der Waals surface area contributed by atoms with Crippen molar-refractivity contribution in [2.75, 3.05) is 39.6 Å². The van der Waals surface area contributed by atoms with Gasteiger partial charge in [0.25, 0.3) is 0 Å². The molecule has 0 rings (SSSR count). The highest BCUT2D eigenvalue weighted by atomic mass is 31.2. The summed E-state index contributed by atoms with van der Waals surface area (Å²) in [5.74, 6) is -2.13. The number of ether oxygens (including phenoxy) is 4. The number of esters is 4. The molecule has 0 saturated heterocycles. The van der Waals surface area contributed by atoms with E-state index in [-0.39, 0.29) is 25.7 Å². The van der Waals surface area contributed by atoms with E-state index < -0.39 is 97.5 Å². The Hall–Kier alpha value is -2.46. The number of aliphatic hydroxyl groups excluding tert-OH is 1. The summed E-state index contributed by atoms with van der Waals surface area (Å²) in [5.41, 5.74) is 0. The van der Waals surface area contributed by atoms with Crippen LogP contribution in [0, 0.1) is 0 Å². The number of hydrogen-bond donors (Lipinski definition) is 3. The summed E-state index contributed by atoms with van der Waals surface area (Å²) in [6.45, 7) is 4.99. The van der Waals surface area contributed by atoms with Crippen LogP contribution in [0.15, 0.2) is 24.3 Å². The Kier molecular flexibility index (Phi) is 76.8. The molecule has 0 radical (unpaired) electrons. The molecule has 0 aliphatic carbocycles. The largest absolute Gasteiger partial charge is 0.472 e. The fourth-order valence-electron chi connectivity index (χ4n) is 12.8. The maximum absolute atomic E-state index is 13.1. The van der Waals surface area contributed by atoms with Crippen molar-refractivity contribution in [3.05, 3.63) is 24.3 Å². The van der Waals surface area contributed by atoms with Crippen LogP contribution in [0.1, 0.15) is 439 Å². The third-order valence-electron chi connectivity index (χ3n) is 19.5. The average molecular weight is 1520 g/mol. The van der Waals surface area contributed by atoms with Gasteiger partial charge >= 0.3 is 39.5 Å². The van der Waals surface area contributed by atoms with E-state index in [9.17, 15) is 43.2 Å². The molecule has 2 unspecified atom stereocenters. The van der Waals surface area contributed by atoms with E-state index in [1.165, 1.54) is 257 Å². The molecule has 17 nitrogen and oxygen atoms in total. The number of allylic oxidation sites excluding steroid dienone is 4. The topological polar surface area (TPSA) is 237 Å². The van der Waals surface area contributed by atoms with E-state index in [1.807, 2.05) is 0 Å². The van der Waals surface area contributed by atoms with E-state index >= 15 is 0 Å². The number of carbonyl (C=O) groups is 4. The van der Waals surface area contributed by atoms with E-state index in [4.69, 9.17) is 37.0 Å². The monoisotopic (exact) mass is 1520 g/mol. The van der Waals surface area contributed by atoms with Crippen LogP contribution < -0.4 is 0 Å². The van der Waals surface area contributed by atoms with Gasteiger partial charge in [0.15, 0.2) is 12.2 Å². The van der Waals surface area contributed by atoms with Crippen molar-refractivity contribution in [2.45, 2.75) is 457 Å². The SMILES string of the molecule is CCCCCC/C=C\C=C/CCCCCCCC(=O)O[C@H](COC(=O)CCCCCCCCCCCCCC)COP(=O)(O)OC[C@H](O)COP(=O)(O)OC[C@@H](COC(=O)CCCCCCCCCCCCCCCCCCCC)OC(=O)CCCCCCCCCCCCCCCCCCCCC. The van der Waals surface area contributed by atoms with Crippen molar-refractivity contribution in [2.24, 2.45) is 0 Å². The molecular weight excluding hydrogens is 1350 g/mol. The van der Waals surface area contributed by atoms with Crippen molar-refractivity contribution in [3.8, 4) is 0 Å². The highest BCUT2D eigenvalue weighted by molar-refractivity contribution is 7.47. The van der Waals surface area contributed by atoms with Crippen LogP contribution in [-0.2, 0) is 65.4 Å². The molecule has 0 amide bonds. The van der Waals surface area contributed by atoms with E-state index in [0.29, 0.717) is 25.7 Å². The Morgan fingerprint density at radius 2 is 0.462 bits per heavy atom. The van der Waals surface area contributed by atoms with Crippen LogP contribution in [-0.4, -0.2) is 96.7 Å². The van der Waals surface area contributed by atoms with Gasteiger partial charge in [0.1, 0.15) is 19.3 Å². The van der Waals surface area contributed by atoms with Gasteiger partial charge < -0.3 is 33.8 Å². The fourth-order valence-corrected chi connectivity index (χ4v) is 14.4. The van der Waals surface area contributed by atoms with Crippen LogP contribution in [0.5, 0.6) is 0 Å². The molecular formula is C85H162O17P2. The van der Waals surface area contributed by atoms with Crippen molar-refractivity contribution < 1.29 is 80.2 Å². The zero-order valence-corrected chi connectivity index (χ0v) is 69.3. The third-order valence-corrected chi connectivity index (χ3v) is 21.4. The molecule has 0 aliphatic rings. The average Bonchev–Trinajstić information content (AvgIpc) is 0.908. The molecule has 0 aliphatic heterocycles. The third kappa shape index (κ3) is 77.7. The van der Waals surface area contributed by atoms with Crippen LogP contribution >= 0.6 is 15.6 Å². The van der Waals surface area contributed by atoms with Gasteiger partial charge in [-0.25, -0.2) is 9.13 Å². The van der Waals surface area contributed by atoms with Crippen molar-refractivity contribution in [3.63, 3.8) is 0 Å². The first kappa shape index (κ1) is 102. The predicted molar refractivity (Wildman–Crippen MR) is 428 cm³/mol. The second kappa shape index (κ2) is 78.7. The maximum Gasteiger partial charge on any atom is 0.472 e. The molecule has 0 saturated carbocycles. The molecule has 0 spiro atoms. The summed E-state index contributed by atoms with van der Waals surface area (Å²) in [6, 6.07) is 0. The van der Waals surface area contributed by atoms with Gasteiger partial charge in [-0.3, -0.25) is 37.3 Å².